The van der Waals surface area contributed by atoms with Gasteiger partial charge in [0.15, 0.2) is 0 Å². The molecule has 6 nitrogen and oxygen atoms in total. The lowest BCUT2D eigenvalue weighted by atomic mass is 9.91. The molecule has 0 fully saturated rings. The largest absolute Gasteiger partial charge is 0.484 e. The van der Waals surface area contributed by atoms with Gasteiger partial charge in [-0.05, 0) is 80.8 Å². The predicted octanol–water partition coefficient (Wildman–Crippen LogP) is 7.44. The molecule has 0 unspecified atom stereocenters. The Morgan fingerprint density at radius 1 is 1.05 bits per heavy atom. The van der Waals surface area contributed by atoms with Crippen LogP contribution in [0.4, 0.5) is 36.4 Å². The van der Waals surface area contributed by atoms with Gasteiger partial charge in [-0.15, -0.1) is 0 Å². The highest BCUT2D eigenvalue weighted by Crippen LogP contribution is 2.43. The fourth-order valence-electron chi connectivity index (χ4n) is 4.38. The minimum absolute atomic E-state index is 0.106. The molecule has 0 aliphatic carbocycles. The zero-order valence-corrected chi connectivity index (χ0v) is 25.2. The van der Waals surface area contributed by atoms with Crippen LogP contribution in [0.25, 0.3) is 11.1 Å². The number of carbonyl (C=O) groups is 1. The third-order valence-electron chi connectivity index (χ3n) is 7.43. The van der Waals surface area contributed by atoms with Crippen LogP contribution in [0, 0.1) is 25.1 Å². The van der Waals surface area contributed by atoms with Gasteiger partial charge in [0.2, 0.25) is 5.91 Å². The summed E-state index contributed by atoms with van der Waals surface area (Å²) in [5, 5.41) is 1.87. The molecule has 15 heteroatoms. The van der Waals surface area contributed by atoms with Crippen LogP contribution in [0.5, 0.6) is 5.75 Å². The second-order valence-electron chi connectivity index (χ2n) is 10.8. The Morgan fingerprint density at radius 2 is 1.70 bits per heavy atom. The summed E-state index contributed by atoms with van der Waals surface area (Å²) in [4.78, 5) is 11.7. The van der Waals surface area contributed by atoms with E-state index in [1.165, 1.54) is 25.1 Å². The molecule has 1 atom stereocenters. The summed E-state index contributed by atoms with van der Waals surface area (Å²) in [6, 6.07) is 8.67. The highest BCUT2D eigenvalue weighted by molar-refractivity contribution is 7.92. The molecule has 0 saturated heterocycles. The third kappa shape index (κ3) is 6.19. The van der Waals surface area contributed by atoms with E-state index in [1.54, 1.807) is 13.0 Å². The molecule has 3 aromatic carbocycles. The predicted molar refractivity (Wildman–Crippen MR) is 150 cm³/mol. The van der Waals surface area contributed by atoms with Crippen molar-refractivity contribution >= 4 is 33.2 Å². The number of alkyl halides is 6. The Hall–Kier alpha value is -3.52. The Bertz CT molecular complexity index is 1720. The molecule has 0 aromatic heterocycles. The maximum atomic E-state index is 14.8. The van der Waals surface area contributed by atoms with E-state index >= 15 is 0 Å². The zero-order chi connectivity index (χ0) is 33.0. The van der Waals surface area contributed by atoms with Crippen LogP contribution in [-0.2, 0) is 21.0 Å². The van der Waals surface area contributed by atoms with Gasteiger partial charge in [-0.3, -0.25) is 9.10 Å². The van der Waals surface area contributed by atoms with Crippen molar-refractivity contribution in [3.8, 4) is 16.9 Å². The molecule has 0 radical (unpaired) electrons. The lowest BCUT2D eigenvalue weighted by molar-refractivity contribution is -0.211. The van der Waals surface area contributed by atoms with Crippen molar-refractivity contribution in [2.45, 2.75) is 51.0 Å². The Morgan fingerprint density at radius 3 is 2.32 bits per heavy atom. The van der Waals surface area contributed by atoms with Gasteiger partial charge in [-0.25, -0.2) is 12.8 Å². The van der Waals surface area contributed by atoms with E-state index in [1.807, 2.05) is 0 Å². The molecule has 4 rings (SSSR count). The van der Waals surface area contributed by atoms with Crippen molar-refractivity contribution in [3.63, 3.8) is 0 Å². The summed E-state index contributed by atoms with van der Waals surface area (Å²) in [5.74, 6) is -2.19. The molecule has 1 aliphatic rings. The number of halogens is 8. The van der Waals surface area contributed by atoms with E-state index in [0.717, 1.165) is 16.4 Å². The standard InChI is InChI=1S/C29H26ClF7N2O4S/c1-15-10-21(24(30)25(31)16(15)2)17-8-9-23-22(11-17)39(44(41,42)20-7-5-6-18(12-20)28(32,33)34)14-19(43-23)13-38-26(40)27(3,4)29(35,36)37/h5-12,19H,13-14H2,1-4H3,(H,38,40)/t19-/m0/s1. The van der Waals surface area contributed by atoms with Crippen LogP contribution in [0.2, 0.25) is 5.02 Å². The number of hydrogen-bond donors (Lipinski definition) is 1. The van der Waals surface area contributed by atoms with Gasteiger partial charge in [0.25, 0.3) is 10.0 Å². The van der Waals surface area contributed by atoms with Gasteiger partial charge < -0.3 is 10.1 Å². The second-order valence-corrected chi connectivity index (χ2v) is 13.1. The second kappa shape index (κ2) is 11.4. The number of fused-ring (bicyclic) bond motifs is 1. The molecule has 0 spiro atoms. The van der Waals surface area contributed by atoms with Gasteiger partial charge in [0, 0.05) is 5.56 Å². The van der Waals surface area contributed by atoms with Crippen LogP contribution in [-0.4, -0.2) is 39.7 Å². The average molecular weight is 667 g/mol. The molecular formula is C29H26ClF7N2O4S. The molecular weight excluding hydrogens is 641 g/mol. The van der Waals surface area contributed by atoms with E-state index in [0.29, 0.717) is 37.1 Å². The maximum Gasteiger partial charge on any atom is 0.416 e. The van der Waals surface area contributed by atoms with Crippen LogP contribution in [0.1, 0.15) is 30.5 Å². The summed E-state index contributed by atoms with van der Waals surface area (Å²) in [6.07, 6.45) is -11.0. The van der Waals surface area contributed by atoms with E-state index in [4.69, 9.17) is 16.3 Å². The van der Waals surface area contributed by atoms with Crippen molar-refractivity contribution in [2.24, 2.45) is 5.41 Å². The van der Waals surface area contributed by atoms with E-state index < -0.39 is 69.2 Å². The fourth-order valence-corrected chi connectivity index (χ4v) is 6.23. The van der Waals surface area contributed by atoms with Crippen molar-refractivity contribution < 1.29 is 48.7 Å². The van der Waals surface area contributed by atoms with Gasteiger partial charge in [-0.1, -0.05) is 23.7 Å². The number of rotatable bonds is 6. The molecule has 1 aliphatic heterocycles. The summed E-state index contributed by atoms with van der Waals surface area (Å²) in [7, 11) is -4.76. The molecule has 1 amide bonds. The number of amides is 1. The number of nitrogens with one attached hydrogen (secondary N) is 1. The number of ether oxygens (including phenoxy) is 1. The first-order valence-corrected chi connectivity index (χ1v) is 14.8. The van der Waals surface area contributed by atoms with Crippen LogP contribution in [0.3, 0.4) is 0 Å². The highest BCUT2D eigenvalue weighted by Gasteiger charge is 2.53. The minimum Gasteiger partial charge on any atom is -0.484 e. The summed E-state index contributed by atoms with van der Waals surface area (Å²) < 4.78 is 129. The van der Waals surface area contributed by atoms with Gasteiger partial charge >= 0.3 is 12.4 Å². The SMILES string of the molecule is Cc1cc(-c2ccc3c(c2)N(S(=O)(=O)c2cccc(C(F)(F)F)c2)C[C@H](CNC(=O)C(C)(C)C(F)(F)F)O3)c(Cl)c(F)c1C. The molecule has 44 heavy (non-hydrogen) atoms. The molecule has 0 bridgehead atoms. The van der Waals surface area contributed by atoms with Crippen LogP contribution >= 0.6 is 11.6 Å². The Labute approximate surface area is 253 Å². The van der Waals surface area contributed by atoms with Gasteiger partial charge in [-0.2, -0.15) is 26.3 Å². The first-order chi connectivity index (χ1) is 20.2. The van der Waals surface area contributed by atoms with Gasteiger partial charge in [0.1, 0.15) is 23.1 Å². The summed E-state index contributed by atoms with van der Waals surface area (Å²) in [5.41, 5.74) is -2.85. The van der Waals surface area contributed by atoms with Crippen LogP contribution in [0.15, 0.2) is 53.4 Å². The van der Waals surface area contributed by atoms with Crippen molar-refractivity contribution in [1.82, 2.24) is 5.32 Å². The lowest BCUT2D eigenvalue weighted by Gasteiger charge is -2.36. The number of sulfonamides is 1. The third-order valence-corrected chi connectivity index (χ3v) is 9.57. The van der Waals surface area contributed by atoms with E-state index in [-0.39, 0.29) is 27.6 Å². The van der Waals surface area contributed by atoms with Crippen molar-refractivity contribution in [3.05, 3.63) is 76.1 Å². The summed E-state index contributed by atoms with van der Waals surface area (Å²) >= 11 is 6.27. The zero-order valence-electron chi connectivity index (χ0n) is 23.6. The van der Waals surface area contributed by atoms with Crippen molar-refractivity contribution in [2.75, 3.05) is 17.4 Å². The summed E-state index contributed by atoms with van der Waals surface area (Å²) in [6.45, 7) is 3.35. The highest BCUT2D eigenvalue weighted by atomic mass is 35.5. The molecule has 3 aromatic rings. The first-order valence-electron chi connectivity index (χ1n) is 13.0. The molecule has 1 heterocycles. The normalized spacial score (nSPS) is 15.9. The van der Waals surface area contributed by atoms with E-state index in [9.17, 15) is 43.9 Å². The van der Waals surface area contributed by atoms with Crippen molar-refractivity contribution in [1.29, 1.82) is 0 Å². The number of benzene rings is 3. The number of anilines is 1. The first kappa shape index (κ1) is 33.4. The average Bonchev–Trinajstić information content (AvgIpc) is 2.94. The topological polar surface area (TPSA) is 75.7 Å². The molecule has 1 N–H and O–H groups in total. The maximum absolute atomic E-state index is 14.8. The monoisotopic (exact) mass is 666 g/mol. The Kier molecular flexibility index (Phi) is 8.68. The number of nitrogens with zero attached hydrogens (tertiary/aromatic N) is 1. The van der Waals surface area contributed by atoms with Crippen LogP contribution < -0.4 is 14.4 Å². The minimum atomic E-state index is -4.89. The number of hydrogen-bond acceptors (Lipinski definition) is 4. The van der Waals surface area contributed by atoms with E-state index in [2.05, 4.69) is 5.32 Å². The number of carbonyl (C=O) groups excluding carboxylic acids is 1. The molecule has 238 valence electrons. The lowest BCUT2D eigenvalue weighted by Crippen LogP contribution is -2.52. The van der Waals surface area contributed by atoms with Gasteiger partial charge in [0.05, 0.1) is 34.3 Å². The quantitative estimate of drug-likeness (QED) is 0.278. The molecule has 0 saturated carbocycles. The Balaban J connectivity index is 1.80. The number of aryl methyl sites for hydroxylation is 1. The fraction of sp³-hybridized carbons (Fsp3) is 0.345. The smallest absolute Gasteiger partial charge is 0.416 e.